The summed E-state index contributed by atoms with van der Waals surface area (Å²) in [5.41, 5.74) is 0.676. The Bertz CT molecular complexity index is 634. The third kappa shape index (κ3) is 4.72. The predicted octanol–water partition coefficient (Wildman–Crippen LogP) is 1.79. The summed E-state index contributed by atoms with van der Waals surface area (Å²) in [5.74, 6) is 1.28. The molecular formula is C16H23BO5S. The van der Waals surface area contributed by atoms with Crippen LogP contribution < -0.4 is 10.2 Å². The van der Waals surface area contributed by atoms with E-state index in [-0.39, 0.29) is 4.90 Å². The second-order valence-corrected chi connectivity index (χ2v) is 8.38. The molecule has 0 N–H and O–H groups in total. The SMILES string of the molecule is CS(=O)(=O)c1ccc(OCC2CC2)c(B2OCCCCCO2)c1. The molecule has 0 aromatic heterocycles. The molecule has 1 saturated carbocycles. The fourth-order valence-corrected chi connectivity index (χ4v) is 3.21. The van der Waals surface area contributed by atoms with E-state index < -0.39 is 17.0 Å². The molecule has 1 aliphatic heterocycles. The molecule has 23 heavy (non-hydrogen) atoms. The molecular weight excluding hydrogens is 315 g/mol. The van der Waals surface area contributed by atoms with Gasteiger partial charge in [0.25, 0.3) is 0 Å². The summed E-state index contributed by atoms with van der Waals surface area (Å²) in [5, 5.41) is 0. The Morgan fingerprint density at radius 1 is 1.17 bits per heavy atom. The molecule has 2 fully saturated rings. The smallest absolute Gasteiger partial charge is 0.494 e. The normalized spacial score (nSPS) is 20.0. The van der Waals surface area contributed by atoms with Crippen molar-refractivity contribution in [2.75, 3.05) is 26.1 Å². The number of hydrogen-bond donors (Lipinski definition) is 0. The van der Waals surface area contributed by atoms with Crippen LogP contribution in [0.5, 0.6) is 5.75 Å². The molecule has 2 aliphatic rings. The molecule has 1 aromatic rings. The van der Waals surface area contributed by atoms with Crippen molar-refractivity contribution in [3.63, 3.8) is 0 Å². The average Bonchev–Trinajstić information content (AvgIpc) is 3.28. The molecule has 7 heteroatoms. The van der Waals surface area contributed by atoms with E-state index in [2.05, 4.69) is 0 Å². The van der Waals surface area contributed by atoms with Crippen LogP contribution in [-0.4, -0.2) is 41.6 Å². The van der Waals surface area contributed by atoms with Crippen LogP contribution in [0, 0.1) is 5.92 Å². The van der Waals surface area contributed by atoms with Gasteiger partial charge >= 0.3 is 7.12 Å². The quantitative estimate of drug-likeness (QED) is 0.766. The summed E-state index contributed by atoms with van der Waals surface area (Å²) in [6, 6.07) is 4.94. The molecule has 0 atom stereocenters. The first-order valence-electron chi connectivity index (χ1n) is 8.24. The summed E-state index contributed by atoms with van der Waals surface area (Å²) in [4.78, 5) is 0.264. The van der Waals surface area contributed by atoms with Crippen molar-refractivity contribution in [3.05, 3.63) is 18.2 Å². The highest BCUT2D eigenvalue weighted by Crippen LogP contribution is 2.29. The Labute approximate surface area is 138 Å². The zero-order valence-electron chi connectivity index (χ0n) is 13.5. The van der Waals surface area contributed by atoms with Crippen molar-refractivity contribution in [2.45, 2.75) is 37.0 Å². The van der Waals surface area contributed by atoms with Gasteiger partial charge in [-0.15, -0.1) is 0 Å². The van der Waals surface area contributed by atoms with Crippen molar-refractivity contribution < 1.29 is 22.5 Å². The van der Waals surface area contributed by atoms with E-state index in [1.165, 1.54) is 19.1 Å². The van der Waals surface area contributed by atoms with E-state index >= 15 is 0 Å². The highest BCUT2D eigenvalue weighted by molar-refractivity contribution is 7.90. The van der Waals surface area contributed by atoms with Crippen LogP contribution in [0.15, 0.2) is 23.1 Å². The molecule has 1 heterocycles. The maximum atomic E-state index is 11.9. The Morgan fingerprint density at radius 2 is 1.87 bits per heavy atom. The van der Waals surface area contributed by atoms with Crippen LogP contribution >= 0.6 is 0 Å². The zero-order valence-corrected chi connectivity index (χ0v) is 14.3. The van der Waals surface area contributed by atoms with Crippen molar-refractivity contribution in [2.24, 2.45) is 5.92 Å². The molecule has 0 unspecified atom stereocenters. The fraction of sp³-hybridized carbons (Fsp3) is 0.625. The van der Waals surface area contributed by atoms with Gasteiger partial charge in [-0.25, -0.2) is 8.42 Å². The van der Waals surface area contributed by atoms with Crippen molar-refractivity contribution in [1.29, 1.82) is 0 Å². The Kier molecular flexibility index (Phi) is 5.29. The largest absolute Gasteiger partial charge is 0.497 e. The topological polar surface area (TPSA) is 61.8 Å². The maximum absolute atomic E-state index is 11.9. The van der Waals surface area contributed by atoms with Crippen LogP contribution in [0.1, 0.15) is 32.1 Å². The van der Waals surface area contributed by atoms with Crippen LogP contribution in [0.3, 0.4) is 0 Å². The van der Waals surface area contributed by atoms with Crippen LogP contribution in [0.2, 0.25) is 0 Å². The molecule has 1 aliphatic carbocycles. The Hall–Kier alpha value is -1.05. The molecule has 3 rings (SSSR count). The molecule has 0 spiro atoms. The Morgan fingerprint density at radius 3 is 2.48 bits per heavy atom. The second kappa shape index (κ2) is 7.24. The molecule has 5 nitrogen and oxygen atoms in total. The van der Waals surface area contributed by atoms with Gasteiger partial charge in [-0.1, -0.05) is 0 Å². The second-order valence-electron chi connectivity index (χ2n) is 6.36. The third-order valence-corrected chi connectivity index (χ3v) is 5.27. The zero-order chi connectivity index (χ0) is 16.3. The first-order chi connectivity index (χ1) is 11.0. The van der Waals surface area contributed by atoms with Crippen molar-refractivity contribution in [3.8, 4) is 5.75 Å². The Balaban J connectivity index is 1.87. The number of rotatable bonds is 5. The van der Waals surface area contributed by atoms with Gasteiger partial charge in [-0.2, -0.15) is 0 Å². The molecule has 0 radical (unpaired) electrons. The molecule has 126 valence electrons. The lowest BCUT2D eigenvalue weighted by Gasteiger charge is -2.21. The highest BCUT2D eigenvalue weighted by Gasteiger charge is 2.29. The lowest BCUT2D eigenvalue weighted by Crippen LogP contribution is -2.40. The summed E-state index contributed by atoms with van der Waals surface area (Å²) < 4.78 is 41.2. The van der Waals surface area contributed by atoms with Gasteiger partial charge in [-0.3, -0.25) is 0 Å². The van der Waals surface area contributed by atoms with Gasteiger partial charge in [0.2, 0.25) is 0 Å². The van der Waals surface area contributed by atoms with Crippen molar-refractivity contribution >= 4 is 22.4 Å². The minimum Gasteiger partial charge on any atom is -0.494 e. The van der Waals surface area contributed by atoms with Crippen LogP contribution in [0.4, 0.5) is 0 Å². The number of hydrogen-bond acceptors (Lipinski definition) is 5. The van der Waals surface area contributed by atoms with E-state index in [0.717, 1.165) is 19.3 Å². The lowest BCUT2D eigenvalue weighted by molar-refractivity contribution is 0.178. The minimum atomic E-state index is -3.28. The van der Waals surface area contributed by atoms with Gasteiger partial charge in [0.05, 0.1) is 11.5 Å². The molecule has 1 saturated heterocycles. The highest BCUT2D eigenvalue weighted by atomic mass is 32.2. The van der Waals surface area contributed by atoms with Gasteiger partial charge in [0, 0.05) is 24.9 Å². The number of benzene rings is 1. The summed E-state index contributed by atoms with van der Waals surface area (Å²) >= 11 is 0. The van der Waals surface area contributed by atoms with Crippen LogP contribution in [-0.2, 0) is 19.1 Å². The molecule has 0 amide bonds. The van der Waals surface area contributed by atoms with Gasteiger partial charge in [0.1, 0.15) is 5.75 Å². The van der Waals surface area contributed by atoms with Gasteiger partial charge in [-0.05, 0) is 56.2 Å². The maximum Gasteiger partial charge on any atom is 0.497 e. The number of ether oxygens (including phenoxy) is 1. The van der Waals surface area contributed by atoms with E-state index in [1.54, 1.807) is 18.2 Å². The predicted molar refractivity (Wildman–Crippen MR) is 88.9 cm³/mol. The van der Waals surface area contributed by atoms with E-state index in [0.29, 0.717) is 37.0 Å². The van der Waals surface area contributed by atoms with Gasteiger partial charge < -0.3 is 14.0 Å². The van der Waals surface area contributed by atoms with Crippen LogP contribution in [0.25, 0.3) is 0 Å². The molecule has 0 bridgehead atoms. The summed E-state index contributed by atoms with van der Waals surface area (Å²) in [6.07, 6.45) is 6.67. The minimum absolute atomic E-state index is 0.264. The fourth-order valence-electron chi connectivity index (χ4n) is 2.55. The van der Waals surface area contributed by atoms with E-state index in [1.807, 2.05) is 0 Å². The standard InChI is InChI=1S/C16H23BO5S/c1-23(18,19)14-7-8-16(20-12-13-5-6-13)15(11-14)17-21-9-3-2-4-10-22-17/h7-8,11,13H,2-6,9-10,12H2,1H3. The first kappa shape index (κ1) is 16.8. The number of sulfone groups is 1. The van der Waals surface area contributed by atoms with E-state index in [4.69, 9.17) is 14.0 Å². The summed E-state index contributed by atoms with van der Waals surface area (Å²) in [6.45, 7) is 1.88. The first-order valence-corrected chi connectivity index (χ1v) is 10.1. The monoisotopic (exact) mass is 338 g/mol. The summed E-state index contributed by atoms with van der Waals surface area (Å²) in [7, 11) is -3.85. The van der Waals surface area contributed by atoms with Gasteiger partial charge in [0.15, 0.2) is 9.84 Å². The molecule has 1 aromatic carbocycles. The lowest BCUT2D eigenvalue weighted by atomic mass is 9.77. The van der Waals surface area contributed by atoms with E-state index in [9.17, 15) is 8.42 Å². The van der Waals surface area contributed by atoms with Crippen molar-refractivity contribution in [1.82, 2.24) is 0 Å². The average molecular weight is 338 g/mol. The third-order valence-electron chi connectivity index (χ3n) is 4.16.